The first-order chi connectivity index (χ1) is 12.1. The molecule has 3 aliphatic heterocycles. The van der Waals surface area contributed by atoms with E-state index in [1.54, 1.807) is 0 Å². The quantitative estimate of drug-likeness (QED) is 0.814. The minimum Gasteiger partial charge on any atom is -0.485 e. The summed E-state index contributed by atoms with van der Waals surface area (Å²) >= 11 is 0. The van der Waals surface area contributed by atoms with Gasteiger partial charge in [-0.3, -0.25) is 4.90 Å². The molecule has 0 amide bonds. The molecule has 4 heterocycles. The van der Waals surface area contributed by atoms with E-state index in [1.165, 1.54) is 12.8 Å². The molecule has 0 bridgehead atoms. The fourth-order valence-corrected chi connectivity index (χ4v) is 4.02. The van der Waals surface area contributed by atoms with Crippen LogP contribution in [0.3, 0.4) is 0 Å². The zero-order chi connectivity index (χ0) is 17.3. The van der Waals surface area contributed by atoms with Gasteiger partial charge in [-0.1, -0.05) is 0 Å². The standard InChI is InChI=1S/C19H29N3O3/c1-19(2)23-14-16(25-19)13-21-11-7-15(12-21)24-17-6-5-8-20-18(17)22-9-3-4-10-22/h5-6,8,15-16H,3-4,7,9-14H2,1-2H3. The van der Waals surface area contributed by atoms with E-state index in [4.69, 9.17) is 14.2 Å². The molecule has 25 heavy (non-hydrogen) atoms. The minimum atomic E-state index is -0.444. The Hall–Kier alpha value is -1.37. The summed E-state index contributed by atoms with van der Waals surface area (Å²) in [7, 11) is 0. The van der Waals surface area contributed by atoms with Gasteiger partial charge in [0.05, 0.1) is 12.7 Å². The normalized spacial score (nSPS) is 29.4. The molecule has 1 aromatic heterocycles. The highest BCUT2D eigenvalue weighted by molar-refractivity contribution is 5.52. The fraction of sp³-hybridized carbons (Fsp3) is 0.737. The second kappa shape index (κ2) is 7.09. The van der Waals surface area contributed by atoms with Crippen LogP contribution in [0.15, 0.2) is 18.3 Å². The maximum atomic E-state index is 6.34. The summed E-state index contributed by atoms with van der Waals surface area (Å²) in [6.07, 6.45) is 5.78. The van der Waals surface area contributed by atoms with Crippen LogP contribution >= 0.6 is 0 Å². The summed E-state index contributed by atoms with van der Waals surface area (Å²) in [5.41, 5.74) is 0. The third-order valence-electron chi connectivity index (χ3n) is 5.21. The smallest absolute Gasteiger partial charge is 0.171 e. The Balaban J connectivity index is 1.32. The maximum Gasteiger partial charge on any atom is 0.171 e. The summed E-state index contributed by atoms with van der Waals surface area (Å²) in [6.45, 7) is 9.69. The number of likely N-dealkylation sites (tertiary alicyclic amines) is 1. The van der Waals surface area contributed by atoms with E-state index in [9.17, 15) is 0 Å². The molecule has 6 nitrogen and oxygen atoms in total. The molecule has 138 valence electrons. The molecular formula is C19H29N3O3. The Morgan fingerprint density at radius 3 is 2.88 bits per heavy atom. The summed E-state index contributed by atoms with van der Waals surface area (Å²) in [6, 6.07) is 4.02. The van der Waals surface area contributed by atoms with Crippen molar-refractivity contribution < 1.29 is 14.2 Å². The number of nitrogens with zero attached hydrogens (tertiary/aromatic N) is 3. The summed E-state index contributed by atoms with van der Waals surface area (Å²) in [5, 5.41) is 0. The van der Waals surface area contributed by atoms with E-state index in [-0.39, 0.29) is 12.2 Å². The van der Waals surface area contributed by atoms with Crippen molar-refractivity contribution in [1.82, 2.24) is 9.88 Å². The third-order valence-corrected chi connectivity index (χ3v) is 5.21. The lowest BCUT2D eigenvalue weighted by Gasteiger charge is -2.23. The van der Waals surface area contributed by atoms with Crippen LogP contribution in [0.2, 0.25) is 0 Å². The van der Waals surface area contributed by atoms with Crippen LogP contribution in [0, 0.1) is 0 Å². The number of rotatable bonds is 5. The molecule has 3 fully saturated rings. The van der Waals surface area contributed by atoms with Crippen LogP contribution in [0.5, 0.6) is 5.75 Å². The van der Waals surface area contributed by atoms with Gasteiger partial charge in [0.25, 0.3) is 0 Å². The molecule has 0 aromatic carbocycles. The molecule has 0 spiro atoms. The van der Waals surface area contributed by atoms with Crippen molar-refractivity contribution in [3.63, 3.8) is 0 Å². The molecule has 0 N–H and O–H groups in total. The monoisotopic (exact) mass is 347 g/mol. The molecule has 0 aliphatic carbocycles. The number of ether oxygens (including phenoxy) is 3. The Labute approximate surface area is 150 Å². The first-order valence-corrected chi connectivity index (χ1v) is 9.50. The van der Waals surface area contributed by atoms with Gasteiger partial charge in [0.15, 0.2) is 17.4 Å². The van der Waals surface area contributed by atoms with Gasteiger partial charge in [-0.15, -0.1) is 0 Å². The Kier molecular flexibility index (Phi) is 4.84. The lowest BCUT2D eigenvalue weighted by atomic mass is 10.3. The zero-order valence-corrected chi connectivity index (χ0v) is 15.3. The molecule has 3 saturated heterocycles. The van der Waals surface area contributed by atoms with E-state index < -0.39 is 5.79 Å². The molecule has 6 heteroatoms. The van der Waals surface area contributed by atoms with Crippen LogP contribution in [0.4, 0.5) is 5.82 Å². The predicted molar refractivity (Wildman–Crippen MR) is 96.1 cm³/mol. The third kappa shape index (κ3) is 4.07. The van der Waals surface area contributed by atoms with Crippen LogP contribution in [-0.2, 0) is 9.47 Å². The van der Waals surface area contributed by atoms with E-state index in [1.807, 2.05) is 26.1 Å². The van der Waals surface area contributed by atoms with Crippen LogP contribution < -0.4 is 9.64 Å². The summed E-state index contributed by atoms with van der Waals surface area (Å²) in [4.78, 5) is 9.34. The van der Waals surface area contributed by atoms with E-state index in [2.05, 4.69) is 20.9 Å². The van der Waals surface area contributed by atoms with Crippen molar-refractivity contribution in [2.24, 2.45) is 0 Å². The summed E-state index contributed by atoms with van der Waals surface area (Å²) < 4.78 is 17.9. The molecule has 2 unspecified atom stereocenters. The van der Waals surface area contributed by atoms with E-state index in [0.717, 1.165) is 50.7 Å². The molecular weight excluding hydrogens is 318 g/mol. The van der Waals surface area contributed by atoms with Gasteiger partial charge in [0.1, 0.15) is 6.10 Å². The number of hydrogen-bond acceptors (Lipinski definition) is 6. The van der Waals surface area contributed by atoms with Crippen molar-refractivity contribution in [1.29, 1.82) is 0 Å². The largest absolute Gasteiger partial charge is 0.485 e. The van der Waals surface area contributed by atoms with Crippen LogP contribution in [-0.4, -0.2) is 67.2 Å². The lowest BCUT2D eigenvalue weighted by molar-refractivity contribution is -0.140. The van der Waals surface area contributed by atoms with Crippen molar-refractivity contribution in [3.8, 4) is 5.75 Å². The van der Waals surface area contributed by atoms with Crippen molar-refractivity contribution in [2.75, 3.05) is 44.2 Å². The highest BCUT2D eigenvalue weighted by Crippen LogP contribution is 2.31. The average Bonchev–Trinajstić information content (AvgIpc) is 3.31. The number of aromatic nitrogens is 1. The zero-order valence-electron chi connectivity index (χ0n) is 15.3. The molecule has 0 saturated carbocycles. The first-order valence-electron chi connectivity index (χ1n) is 9.50. The maximum absolute atomic E-state index is 6.34. The van der Waals surface area contributed by atoms with Gasteiger partial charge >= 0.3 is 0 Å². The molecule has 2 atom stereocenters. The van der Waals surface area contributed by atoms with Gasteiger partial charge in [-0.2, -0.15) is 0 Å². The van der Waals surface area contributed by atoms with E-state index >= 15 is 0 Å². The highest BCUT2D eigenvalue weighted by Gasteiger charge is 2.35. The molecule has 3 aliphatic rings. The second-order valence-electron chi connectivity index (χ2n) is 7.76. The van der Waals surface area contributed by atoms with Gasteiger partial charge in [0, 0.05) is 38.9 Å². The SMILES string of the molecule is CC1(C)OCC(CN2CCC(Oc3cccnc3N3CCCC3)C2)O1. The van der Waals surface area contributed by atoms with Crippen molar-refractivity contribution in [2.45, 2.75) is 51.1 Å². The number of anilines is 1. The Morgan fingerprint density at radius 1 is 1.28 bits per heavy atom. The minimum absolute atomic E-state index is 0.160. The van der Waals surface area contributed by atoms with E-state index in [0.29, 0.717) is 6.61 Å². The molecule has 4 rings (SSSR count). The number of hydrogen-bond donors (Lipinski definition) is 0. The van der Waals surface area contributed by atoms with Gasteiger partial charge in [-0.05, 0) is 45.2 Å². The van der Waals surface area contributed by atoms with Crippen LogP contribution in [0.25, 0.3) is 0 Å². The van der Waals surface area contributed by atoms with Crippen molar-refractivity contribution in [3.05, 3.63) is 18.3 Å². The van der Waals surface area contributed by atoms with Crippen LogP contribution in [0.1, 0.15) is 33.1 Å². The van der Waals surface area contributed by atoms with Gasteiger partial charge in [-0.25, -0.2) is 4.98 Å². The van der Waals surface area contributed by atoms with Gasteiger partial charge < -0.3 is 19.1 Å². The fourth-order valence-electron chi connectivity index (χ4n) is 4.02. The summed E-state index contributed by atoms with van der Waals surface area (Å²) in [5.74, 6) is 1.49. The Bertz CT molecular complexity index is 589. The second-order valence-corrected chi connectivity index (χ2v) is 7.76. The topological polar surface area (TPSA) is 47.1 Å². The first kappa shape index (κ1) is 17.1. The molecule has 1 aromatic rings. The van der Waals surface area contributed by atoms with Crippen molar-refractivity contribution >= 4 is 5.82 Å². The Morgan fingerprint density at radius 2 is 2.12 bits per heavy atom. The highest BCUT2D eigenvalue weighted by atomic mass is 16.7. The lowest BCUT2D eigenvalue weighted by Crippen LogP contribution is -2.34. The van der Waals surface area contributed by atoms with Gasteiger partial charge in [0.2, 0.25) is 0 Å². The number of pyridine rings is 1. The predicted octanol–water partition coefficient (Wildman–Crippen LogP) is 2.29. The average molecular weight is 347 g/mol. The molecule has 0 radical (unpaired) electrons.